The third kappa shape index (κ3) is 3.03. The van der Waals surface area contributed by atoms with Gasteiger partial charge in [0.05, 0.1) is 5.56 Å². The van der Waals surface area contributed by atoms with Crippen molar-refractivity contribution in [2.45, 2.75) is 18.0 Å². The van der Waals surface area contributed by atoms with Gasteiger partial charge in [0.25, 0.3) is 0 Å². The Morgan fingerprint density at radius 3 is 2.09 bits per heavy atom. The molecule has 1 aromatic heterocycles. The number of nitrogens with one attached hydrogen (secondary N) is 1. The third-order valence-corrected chi connectivity index (χ3v) is 2.61. The Balaban J connectivity index is 3.54. The summed E-state index contributed by atoms with van der Waals surface area (Å²) in [6, 6.07) is 1.43. The first-order chi connectivity index (χ1) is 10.3. The number of alkyl halides is 7. The van der Waals surface area contributed by atoms with Gasteiger partial charge in [0.2, 0.25) is 5.82 Å². The molecule has 0 radical (unpaired) electrons. The molecule has 0 aliphatic carbocycles. The van der Waals surface area contributed by atoms with Gasteiger partial charge in [0.15, 0.2) is 0 Å². The summed E-state index contributed by atoms with van der Waals surface area (Å²) in [7, 11) is 2.52. The summed E-state index contributed by atoms with van der Waals surface area (Å²) in [5, 5.41) is 16.3. The van der Waals surface area contributed by atoms with Crippen molar-refractivity contribution in [3.05, 3.63) is 23.3 Å². The van der Waals surface area contributed by atoms with Crippen LogP contribution < -0.4 is 0 Å². The molecule has 0 bridgehead atoms. The first kappa shape index (κ1) is 18.6. The molecule has 0 fully saturated rings. The minimum absolute atomic E-state index is 0.357. The molecule has 0 unspecified atom stereocenters. The number of hydrogen-bond acceptors (Lipinski definition) is 4. The highest BCUT2D eigenvalue weighted by molar-refractivity contribution is 5.96. The predicted molar refractivity (Wildman–Crippen MR) is 62.2 cm³/mol. The van der Waals surface area contributed by atoms with Crippen LogP contribution in [-0.2, 0) is 5.92 Å². The largest absolute Gasteiger partial charge is 0.460 e. The average Bonchev–Trinajstić information content (AvgIpc) is 2.44. The zero-order chi connectivity index (χ0) is 18.2. The minimum Gasteiger partial charge on any atom is -0.361 e. The molecular formula is C11H8F7N5. The van der Waals surface area contributed by atoms with Crippen LogP contribution in [0.5, 0.6) is 0 Å². The maximum atomic E-state index is 13.5. The van der Waals surface area contributed by atoms with Crippen molar-refractivity contribution >= 4 is 5.84 Å². The lowest BCUT2D eigenvalue weighted by Crippen LogP contribution is -2.51. The number of aromatic nitrogens is 2. The summed E-state index contributed by atoms with van der Waals surface area (Å²) < 4.78 is 89.5. The number of nitrogens with zero attached hydrogens (tertiary/aromatic N) is 4. The van der Waals surface area contributed by atoms with Crippen LogP contribution in [0.4, 0.5) is 30.7 Å². The standard InChI is InChI=1S/C11H8F7N5/c1-23(2)7(20)6-5(3-19)4-21-8(22-6)9(12,13)10(14,15)11(16,17)18/h4,20H,1-2H3. The molecule has 0 atom stereocenters. The first-order valence-corrected chi connectivity index (χ1v) is 5.63. The van der Waals surface area contributed by atoms with Gasteiger partial charge in [-0.05, 0) is 0 Å². The van der Waals surface area contributed by atoms with Gasteiger partial charge in [0.1, 0.15) is 17.6 Å². The molecule has 0 spiro atoms. The number of hydrogen-bond donors (Lipinski definition) is 1. The smallest absolute Gasteiger partial charge is 0.361 e. The van der Waals surface area contributed by atoms with E-state index in [0.717, 1.165) is 4.90 Å². The molecule has 0 aliphatic rings. The number of nitriles is 1. The van der Waals surface area contributed by atoms with Crippen molar-refractivity contribution in [1.82, 2.24) is 14.9 Å². The molecule has 12 heteroatoms. The summed E-state index contributed by atoms with van der Waals surface area (Å²) in [6.45, 7) is 0. The van der Waals surface area contributed by atoms with E-state index in [1.165, 1.54) is 20.2 Å². The Hall–Kier alpha value is -2.45. The number of rotatable bonds is 3. The maximum Gasteiger partial charge on any atom is 0.460 e. The molecule has 1 heterocycles. The topological polar surface area (TPSA) is 76.7 Å². The highest BCUT2D eigenvalue weighted by Gasteiger charge is 2.75. The van der Waals surface area contributed by atoms with Crippen LogP contribution in [0.3, 0.4) is 0 Å². The molecular weight excluding hydrogens is 335 g/mol. The SMILES string of the molecule is CN(C)C(=N)c1nc(C(F)(F)C(F)(F)C(F)(F)F)ncc1C#N. The molecule has 0 amide bonds. The summed E-state index contributed by atoms with van der Waals surface area (Å²) in [5.74, 6) is -15.0. The Kier molecular flexibility index (Phi) is 4.56. The second-order valence-electron chi connectivity index (χ2n) is 4.46. The lowest BCUT2D eigenvalue weighted by Gasteiger charge is -2.27. The molecule has 1 N–H and O–H groups in total. The van der Waals surface area contributed by atoms with Crippen molar-refractivity contribution < 1.29 is 30.7 Å². The number of amidine groups is 1. The minimum atomic E-state index is -6.54. The quantitative estimate of drug-likeness (QED) is 0.520. The second-order valence-corrected chi connectivity index (χ2v) is 4.46. The summed E-state index contributed by atoms with van der Waals surface area (Å²) in [6.07, 6.45) is -6.18. The zero-order valence-corrected chi connectivity index (χ0v) is 11.5. The predicted octanol–water partition coefficient (Wildman–Crippen LogP) is 2.52. The molecule has 23 heavy (non-hydrogen) atoms. The molecule has 0 saturated heterocycles. The van der Waals surface area contributed by atoms with Crippen LogP contribution in [-0.4, -0.2) is 46.9 Å². The van der Waals surface area contributed by atoms with E-state index in [9.17, 15) is 30.7 Å². The normalized spacial score (nSPS) is 12.7. The van der Waals surface area contributed by atoms with Crippen molar-refractivity contribution in [2.75, 3.05) is 14.1 Å². The number of halogens is 7. The maximum absolute atomic E-state index is 13.5. The lowest BCUT2D eigenvalue weighted by molar-refractivity contribution is -0.361. The Morgan fingerprint density at radius 2 is 1.70 bits per heavy atom. The average molecular weight is 343 g/mol. The molecule has 5 nitrogen and oxygen atoms in total. The summed E-state index contributed by atoms with van der Waals surface area (Å²) >= 11 is 0. The van der Waals surface area contributed by atoms with Crippen LogP contribution in [0.2, 0.25) is 0 Å². The monoisotopic (exact) mass is 343 g/mol. The van der Waals surface area contributed by atoms with E-state index in [2.05, 4.69) is 9.97 Å². The second kappa shape index (κ2) is 5.64. The van der Waals surface area contributed by atoms with E-state index in [0.29, 0.717) is 6.20 Å². The van der Waals surface area contributed by atoms with Crippen molar-refractivity contribution in [3.63, 3.8) is 0 Å². The molecule has 126 valence electrons. The fourth-order valence-electron chi connectivity index (χ4n) is 1.33. The fraction of sp³-hybridized carbons (Fsp3) is 0.455. The van der Waals surface area contributed by atoms with Crippen molar-refractivity contribution in [2.24, 2.45) is 0 Å². The van der Waals surface area contributed by atoms with Gasteiger partial charge in [0, 0.05) is 20.3 Å². The Labute approximate surface area is 124 Å². The van der Waals surface area contributed by atoms with Crippen LogP contribution in [0.1, 0.15) is 17.1 Å². The molecule has 1 aromatic rings. The van der Waals surface area contributed by atoms with Crippen LogP contribution >= 0.6 is 0 Å². The van der Waals surface area contributed by atoms with E-state index in [1.807, 2.05) is 0 Å². The third-order valence-electron chi connectivity index (χ3n) is 2.61. The van der Waals surface area contributed by atoms with E-state index in [1.54, 1.807) is 0 Å². The van der Waals surface area contributed by atoms with Gasteiger partial charge in [-0.25, -0.2) is 9.97 Å². The van der Waals surface area contributed by atoms with Crippen molar-refractivity contribution in [3.8, 4) is 6.07 Å². The van der Waals surface area contributed by atoms with Gasteiger partial charge >= 0.3 is 18.0 Å². The highest BCUT2D eigenvalue weighted by Crippen LogP contribution is 2.50. The zero-order valence-electron chi connectivity index (χ0n) is 11.5. The highest BCUT2D eigenvalue weighted by atomic mass is 19.4. The van der Waals surface area contributed by atoms with Gasteiger partial charge in [-0.1, -0.05) is 0 Å². The summed E-state index contributed by atoms with van der Waals surface area (Å²) in [4.78, 5) is 6.60. The molecule has 0 aliphatic heterocycles. The van der Waals surface area contributed by atoms with E-state index < -0.39 is 40.9 Å². The van der Waals surface area contributed by atoms with Crippen molar-refractivity contribution in [1.29, 1.82) is 10.7 Å². The van der Waals surface area contributed by atoms with Crippen LogP contribution in [0.25, 0.3) is 0 Å². The van der Waals surface area contributed by atoms with Gasteiger partial charge in [-0.3, -0.25) is 5.41 Å². The van der Waals surface area contributed by atoms with Gasteiger partial charge < -0.3 is 4.90 Å². The molecule has 0 saturated carbocycles. The van der Waals surface area contributed by atoms with Crippen LogP contribution in [0.15, 0.2) is 6.20 Å². The van der Waals surface area contributed by atoms with E-state index in [4.69, 9.17) is 10.7 Å². The van der Waals surface area contributed by atoms with Gasteiger partial charge in [-0.2, -0.15) is 36.0 Å². The first-order valence-electron chi connectivity index (χ1n) is 5.63. The Bertz CT molecular complexity index is 660. The Morgan fingerprint density at radius 1 is 1.17 bits per heavy atom. The fourth-order valence-corrected chi connectivity index (χ4v) is 1.33. The molecule has 0 aromatic carbocycles. The lowest BCUT2D eigenvalue weighted by atomic mass is 10.1. The van der Waals surface area contributed by atoms with Crippen LogP contribution in [0, 0.1) is 16.7 Å². The van der Waals surface area contributed by atoms with E-state index in [-0.39, 0.29) is 0 Å². The van der Waals surface area contributed by atoms with Gasteiger partial charge in [-0.15, -0.1) is 0 Å². The molecule has 1 rings (SSSR count). The van der Waals surface area contributed by atoms with E-state index >= 15 is 0 Å². The summed E-state index contributed by atoms with van der Waals surface area (Å²) in [5.41, 5.74) is -1.32.